The van der Waals surface area contributed by atoms with E-state index in [1.54, 1.807) is 6.20 Å². The minimum atomic E-state index is -0.849. The molecule has 0 atom stereocenters. The van der Waals surface area contributed by atoms with E-state index in [2.05, 4.69) is 4.98 Å². The number of aromatic nitrogens is 1. The third-order valence-corrected chi connectivity index (χ3v) is 2.83. The number of aryl methyl sites for hydroxylation is 1. The second-order valence-corrected chi connectivity index (χ2v) is 3.84. The Bertz CT molecular complexity index is 440. The molecular formula is C12H14N2O2. The molecule has 4 nitrogen and oxygen atoms in total. The molecule has 84 valence electrons. The molecule has 1 N–H and O–H groups in total. The van der Waals surface area contributed by atoms with Gasteiger partial charge in [-0.15, -0.1) is 0 Å². The monoisotopic (exact) mass is 218 g/mol. The maximum atomic E-state index is 10.7. The highest BCUT2D eigenvalue weighted by atomic mass is 16.4. The number of amides is 1. The van der Waals surface area contributed by atoms with Crippen molar-refractivity contribution in [1.29, 1.82) is 0 Å². The maximum absolute atomic E-state index is 10.7. The van der Waals surface area contributed by atoms with E-state index in [1.807, 2.05) is 25.1 Å². The number of carbonyl (C=O) groups is 1. The van der Waals surface area contributed by atoms with Gasteiger partial charge < -0.3 is 10.0 Å². The van der Waals surface area contributed by atoms with Crippen molar-refractivity contribution in [2.45, 2.75) is 13.3 Å². The minimum absolute atomic E-state index is 0.471. The normalized spacial score (nSPS) is 15.8. The Labute approximate surface area is 94.2 Å². The maximum Gasteiger partial charge on any atom is 0.407 e. The van der Waals surface area contributed by atoms with Gasteiger partial charge in [0.1, 0.15) is 0 Å². The smallest absolute Gasteiger partial charge is 0.407 e. The first-order valence-corrected chi connectivity index (χ1v) is 5.27. The molecule has 0 bridgehead atoms. The van der Waals surface area contributed by atoms with Crippen LogP contribution in [0.15, 0.2) is 24.4 Å². The lowest BCUT2D eigenvalue weighted by molar-refractivity contribution is 0.150. The molecule has 0 saturated carbocycles. The summed E-state index contributed by atoms with van der Waals surface area (Å²) in [5.41, 5.74) is 3.33. The lowest BCUT2D eigenvalue weighted by atomic mass is 9.99. The van der Waals surface area contributed by atoms with E-state index in [9.17, 15) is 4.79 Å². The molecule has 1 aliphatic heterocycles. The molecule has 0 fully saturated rings. The summed E-state index contributed by atoms with van der Waals surface area (Å²) in [6, 6.07) is 3.94. The van der Waals surface area contributed by atoms with Crippen molar-refractivity contribution in [3.05, 3.63) is 35.7 Å². The zero-order valence-corrected chi connectivity index (χ0v) is 9.18. The molecule has 1 aromatic rings. The number of nitrogens with zero attached hydrogens (tertiary/aromatic N) is 2. The van der Waals surface area contributed by atoms with E-state index < -0.39 is 6.09 Å². The molecule has 1 amide bonds. The fourth-order valence-electron chi connectivity index (χ4n) is 1.91. The molecule has 2 rings (SSSR count). The number of hydrogen-bond acceptors (Lipinski definition) is 2. The van der Waals surface area contributed by atoms with E-state index in [-0.39, 0.29) is 0 Å². The van der Waals surface area contributed by atoms with Crippen molar-refractivity contribution in [2.24, 2.45) is 0 Å². The van der Waals surface area contributed by atoms with Gasteiger partial charge in [0.2, 0.25) is 0 Å². The molecule has 16 heavy (non-hydrogen) atoms. The van der Waals surface area contributed by atoms with Crippen LogP contribution in [0.2, 0.25) is 0 Å². The van der Waals surface area contributed by atoms with Gasteiger partial charge in [-0.05, 0) is 30.5 Å². The van der Waals surface area contributed by atoms with Crippen molar-refractivity contribution < 1.29 is 9.90 Å². The summed E-state index contributed by atoms with van der Waals surface area (Å²) in [4.78, 5) is 16.4. The fourth-order valence-corrected chi connectivity index (χ4v) is 1.91. The zero-order valence-electron chi connectivity index (χ0n) is 9.18. The van der Waals surface area contributed by atoms with Crippen LogP contribution < -0.4 is 0 Å². The molecule has 2 heterocycles. The Kier molecular flexibility index (Phi) is 2.90. The van der Waals surface area contributed by atoms with Crippen LogP contribution >= 0.6 is 0 Å². The van der Waals surface area contributed by atoms with Crippen molar-refractivity contribution in [1.82, 2.24) is 9.88 Å². The van der Waals surface area contributed by atoms with Crippen molar-refractivity contribution in [3.8, 4) is 0 Å². The Balaban J connectivity index is 2.19. The SMILES string of the molecule is Cc1ncccc1C1=CCN(C(=O)O)CC1. The largest absolute Gasteiger partial charge is 0.465 e. The predicted octanol–water partition coefficient (Wildman–Crippen LogP) is 2.16. The summed E-state index contributed by atoms with van der Waals surface area (Å²) >= 11 is 0. The molecule has 0 radical (unpaired) electrons. The minimum Gasteiger partial charge on any atom is -0.465 e. The van der Waals surface area contributed by atoms with Crippen LogP contribution in [0.1, 0.15) is 17.7 Å². The summed E-state index contributed by atoms with van der Waals surface area (Å²) in [6.07, 6.45) is 3.66. The van der Waals surface area contributed by atoms with Gasteiger partial charge in [-0.25, -0.2) is 4.79 Å². The van der Waals surface area contributed by atoms with Gasteiger partial charge in [0.05, 0.1) is 0 Å². The van der Waals surface area contributed by atoms with E-state index in [1.165, 1.54) is 10.5 Å². The van der Waals surface area contributed by atoms with Crippen molar-refractivity contribution in [2.75, 3.05) is 13.1 Å². The van der Waals surface area contributed by atoms with Crippen molar-refractivity contribution >= 4 is 11.7 Å². The summed E-state index contributed by atoms with van der Waals surface area (Å²) in [5, 5.41) is 8.83. The number of hydrogen-bond donors (Lipinski definition) is 1. The molecule has 0 aliphatic carbocycles. The van der Waals surface area contributed by atoms with Crippen LogP contribution in [-0.4, -0.2) is 34.2 Å². The summed E-state index contributed by atoms with van der Waals surface area (Å²) in [6.45, 7) is 3.01. The number of pyridine rings is 1. The third-order valence-electron chi connectivity index (χ3n) is 2.83. The van der Waals surface area contributed by atoms with Gasteiger partial charge in [-0.2, -0.15) is 0 Å². The quantitative estimate of drug-likeness (QED) is 0.785. The Morgan fingerprint density at radius 2 is 2.38 bits per heavy atom. The van der Waals surface area contributed by atoms with E-state index >= 15 is 0 Å². The van der Waals surface area contributed by atoms with E-state index in [0.717, 1.165) is 17.7 Å². The molecule has 0 aromatic carbocycles. The fraction of sp³-hybridized carbons (Fsp3) is 0.333. The first kappa shape index (κ1) is 10.7. The summed E-state index contributed by atoms with van der Waals surface area (Å²) < 4.78 is 0. The van der Waals surface area contributed by atoms with Crippen LogP contribution in [0.3, 0.4) is 0 Å². The second-order valence-electron chi connectivity index (χ2n) is 3.84. The number of rotatable bonds is 1. The van der Waals surface area contributed by atoms with Gasteiger partial charge in [0.25, 0.3) is 0 Å². The second kappa shape index (κ2) is 4.35. The first-order chi connectivity index (χ1) is 7.68. The lowest BCUT2D eigenvalue weighted by Gasteiger charge is -2.24. The lowest BCUT2D eigenvalue weighted by Crippen LogP contribution is -2.33. The molecule has 0 unspecified atom stereocenters. The summed E-state index contributed by atoms with van der Waals surface area (Å²) in [7, 11) is 0. The Morgan fingerprint density at radius 3 is 2.94 bits per heavy atom. The highest BCUT2D eigenvalue weighted by Gasteiger charge is 2.17. The molecular weight excluding hydrogens is 204 g/mol. The molecule has 1 aliphatic rings. The molecule has 0 saturated heterocycles. The Morgan fingerprint density at radius 1 is 1.56 bits per heavy atom. The van der Waals surface area contributed by atoms with Crippen LogP contribution in [0, 0.1) is 6.92 Å². The average molecular weight is 218 g/mol. The molecule has 0 spiro atoms. The van der Waals surface area contributed by atoms with Gasteiger partial charge in [-0.3, -0.25) is 4.98 Å². The Hall–Kier alpha value is -1.84. The van der Waals surface area contributed by atoms with E-state index in [0.29, 0.717) is 13.1 Å². The van der Waals surface area contributed by atoms with Crippen LogP contribution in [-0.2, 0) is 0 Å². The van der Waals surface area contributed by atoms with Crippen molar-refractivity contribution in [3.63, 3.8) is 0 Å². The molecule has 1 aromatic heterocycles. The van der Waals surface area contributed by atoms with Gasteiger partial charge in [0, 0.05) is 25.0 Å². The highest BCUT2D eigenvalue weighted by Crippen LogP contribution is 2.23. The third kappa shape index (κ3) is 2.05. The van der Waals surface area contributed by atoms with Crippen LogP contribution in [0.5, 0.6) is 0 Å². The standard InChI is InChI=1S/C12H14N2O2/c1-9-11(3-2-6-13-9)10-4-7-14(8-5-10)12(15)16/h2-4,6H,5,7-8H2,1H3,(H,15,16). The zero-order chi connectivity index (χ0) is 11.5. The number of carboxylic acid groups (broad SMARTS) is 1. The first-order valence-electron chi connectivity index (χ1n) is 5.27. The summed E-state index contributed by atoms with van der Waals surface area (Å²) in [5.74, 6) is 0. The van der Waals surface area contributed by atoms with Crippen LogP contribution in [0.25, 0.3) is 5.57 Å². The molecule has 4 heteroatoms. The topological polar surface area (TPSA) is 53.4 Å². The highest BCUT2D eigenvalue weighted by molar-refractivity contribution is 5.71. The van der Waals surface area contributed by atoms with E-state index in [4.69, 9.17) is 5.11 Å². The van der Waals surface area contributed by atoms with Crippen LogP contribution in [0.4, 0.5) is 4.79 Å². The predicted molar refractivity (Wildman–Crippen MR) is 61.2 cm³/mol. The van der Waals surface area contributed by atoms with Gasteiger partial charge in [-0.1, -0.05) is 12.1 Å². The van der Waals surface area contributed by atoms with Gasteiger partial charge >= 0.3 is 6.09 Å². The van der Waals surface area contributed by atoms with Gasteiger partial charge in [0.15, 0.2) is 0 Å². The average Bonchev–Trinajstić information content (AvgIpc) is 2.30.